The molecule has 0 heterocycles. The van der Waals surface area contributed by atoms with Crippen LogP contribution in [0.4, 0.5) is 10.5 Å². The molecule has 0 aliphatic carbocycles. The number of primary amides is 1. The Balaban J connectivity index is 2.03. The van der Waals surface area contributed by atoms with E-state index in [1.54, 1.807) is 24.3 Å². The predicted octanol–water partition coefficient (Wildman–Crippen LogP) is 3.89. The zero-order valence-corrected chi connectivity index (χ0v) is 15.1. The van der Waals surface area contributed by atoms with Gasteiger partial charge < -0.3 is 11.1 Å². The molecule has 1 atom stereocenters. The first-order valence-corrected chi connectivity index (χ1v) is 8.30. The van der Waals surface area contributed by atoms with Crippen LogP contribution in [0, 0.1) is 0 Å². The molecule has 0 saturated heterocycles. The summed E-state index contributed by atoms with van der Waals surface area (Å²) in [6.45, 7) is 0. The highest BCUT2D eigenvalue weighted by molar-refractivity contribution is 6.41. The minimum absolute atomic E-state index is 0.0389. The molecule has 2 aromatic rings. The van der Waals surface area contributed by atoms with E-state index in [9.17, 15) is 9.59 Å². The van der Waals surface area contributed by atoms with E-state index in [-0.39, 0.29) is 16.5 Å². The quantitative estimate of drug-likeness (QED) is 0.553. The van der Waals surface area contributed by atoms with Gasteiger partial charge in [0.1, 0.15) is 0 Å². The van der Waals surface area contributed by atoms with Crippen LogP contribution < -0.4 is 21.9 Å². The summed E-state index contributed by atoms with van der Waals surface area (Å²) in [6, 6.07) is 10.7. The Morgan fingerprint density at radius 2 is 1.64 bits per heavy atom. The second kappa shape index (κ2) is 8.80. The minimum Gasteiger partial charge on any atom is -0.352 e. The average Bonchev–Trinajstić information content (AvgIpc) is 2.53. The van der Waals surface area contributed by atoms with Crippen molar-refractivity contribution in [2.45, 2.75) is 12.5 Å². The van der Waals surface area contributed by atoms with Gasteiger partial charge in [-0.2, -0.15) is 0 Å². The molecule has 3 amide bonds. The number of anilines is 1. The van der Waals surface area contributed by atoms with Crippen LogP contribution >= 0.6 is 34.8 Å². The van der Waals surface area contributed by atoms with Gasteiger partial charge in [-0.3, -0.25) is 15.6 Å². The van der Waals surface area contributed by atoms with Crippen molar-refractivity contribution < 1.29 is 9.59 Å². The molecule has 2 aromatic carbocycles. The first-order chi connectivity index (χ1) is 11.9. The molecule has 6 nitrogen and oxygen atoms in total. The second-order valence-corrected chi connectivity index (χ2v) is 6.34. The summed E-state index contributed by atoms with van der Waals surface area (Å²) in [7, 11) is 0. The number of hydrogen-bond donors (Lipinski definition) is 4. The average molecular weight is 402 g/mol. The summed E-state index contributed by atoms with van der Waals surface area (Å²) in [5.41, 5.74) is 11.4. The van der Waals surface area contributed by atoms with Crippen LogP contribution in [0.5, 0.6) is 0 Å². The molecule has 0 aliphatic heterocycles. The highest BCUT2D eigenvalue weighted by Gasteiger charge is 2.18. The number of amides is 3. The van der Waals surface area contributed by atoms with Crippen molar-refractivity contribution in [2.24, 2.45) is 5.73 Å². The third-order valence-corrected chi connectivity index (χ3v) is 4.06. The SMILES string of the molecule is NC(=O)N[C@@H](CC(=O)NNc1c(Cl)cc(Cl)cc1Cl)c1ccccc1. The summed E-state index contributed by atoms with van der Waals surface area (Å²) in [4.78, 5) is 23.4. The Hall–Kier alpha value is -2.15. The molecule has 0 bridgehead atoms. The van der Waals surface area contributed by atoms with Crippen LogP contribution in [-0.4, -0.2) is 11.9 Å². The Morgan fingerprint density at radius 1 is 1.04 bits per heavy atom. The normalized spacial score (nSPS) is 11.5. The van der Waals surface area contributed by atoms with Gasteiger partial charge in [0.15, 0.2) is 0 Å². The van der Waals surface area contributed by atoms with Crippen molar-refractivity contribution in [1.82, 2.24) is 10.7 Å². The summed E-state index contributed by atoms with van der Waals surface area (Å²) in [6.07, 6.45) is -0.0389. The number of benzene rings is 2. The number of nitrogens with one attached hydrogen (secondary N) is 3. The number of halogens is 3. The van der Waals surface area contributed by atoms with Gasteiger partial charge in [-0.25, -0.2) is 4.79 Å². The van der Waals surface area contributed by atoms with Crippen LogP contribution in [0.1, 0.15) is 18.0 Å². The minimum atomic E-state index is -0.724. The molecular weight excluding hydrogens is 387 g/mol. The molecule has 0 unspecified atom stereocenters. The van der Waals surface area contributed by atoms with E-state index in [0.29, 0.717) is 10.7 Å². The molecule has 9 heteroatoms. The van der Waals surface area contributed by atoms with E-state index in [1.165, 1.54) is 12.1 Å². The molecule has 0 aliphatic rings. The van der Waals surface area contributed by atoms with Crippen LogP contribution in [0.15, 0.2) is 42.5 Å². The Labute approximate surface area is 159 Å². The van der Waals surface area contributed by atoms with E-state index in [4.69, 9.17) is 40.5 Å². The van der Waals surface area contributed by atoms with Gasteiger partial charge in [-0.05, 0) is 17.7 Å². The Kier molecular flexibility index (Phi) is 6.75. The van der Waals surface area contributed by atoms with Gasteiger partial charge in [0, 0.05) is 5.02 Å². The van der Waals surface area contributed by atoms with Gasteiger partial charge in [0.2, 0.25) is 5.91 Å². The maximum absolute atomic E-state index is 12.2. The topological polar surface area (TPSA) is 96.2 Å². The van der Waals surface area contributed by atoms with Crippen molar-refractivity contribution in [3.63, 3.8) is 0 Å². The number of carbonyl (C=O) groups is 2. The lowest BCUT2D eigenvalue weighted by molar-refractivity contribution is -0.121. The largest absolute Gasteiger partial charge is 0.352 e. The molecule has 0 saturated carbocycles. The number of carbonyl (C=O) groups excluding carboxylic acids is 2. The van der Waals surface area contributed by atoms with Crippen molar-refractivity contribution in [3.8, 4) is 0 Å². The number of nitrogens with two attached hydrogens (primary N) is 1. The monoisotopic (exact) mass is 400 g/mol. The first-order valence-electron chi connectivity index (χ1n) is 7.17. The fraction of sp³-hybridized carbons (Fsp3) is 0.125. The Morgan fingerprint density at radius 3 is 2.20 bits per heavy atom. The molecule has 0 fully saturated rings. The predicted molar refractivity (Wildman–Crippen MR) is 99.8 cm³/mol. The van der Waals surface area contributed by atoms with E-state index in [0.717, 1.165) is 5.56 Å². The van der Waals surface area contributed by atoms with Gasteiger partial charge in [0.25, 0.3) is 0 Å². The van der Waals surface area contributed by atoms with Gasteiger partial charge in [0.05, 0.1) is 28.2 Å². The number of rotatable bonds is 6. The third kappa shape index (κ3) is 5.70. The summed E-state index contributed by atoms with van der Waals surface area (Å²) in [5, 5.41) is 3.43. The van der Waals surface area contributed by atoms with Crippen molar-refractivity contribution in [1.29, 1.82) is 0 Å². The summed E-state index contributed by atoms with van der Waals surface area (Å²) in [5.74, 6) is -0.398. The molecular formula is C16H15Cl3N4O2. The van der Waals surface area contributed by atoms with Crippen LogP contribution in [0.3, 0.4) is 0 Å². The van der Waals surface area contributed by atoms with Crippen LogP contribution in [0.2, 0.25) is 15.1 Å². The smallest absolute Gasteiger partial charge is 0.312 e. The van der Waals surface area contributed by atoms with E-state index in [2.05, 4.69) is 16.2 Å². The number of hydrogen-bond acceptors (Lipinski definition) is 3. The lowest BCUT2D eigenvalue weighted by atomic mass is 10.0. The molecule has 2 rings (SSSR count). The molecule has 0 radical (unpaired) electrons. The molecule has 0 aromatic heterocycles. The highest BCUT2D eigenvalue weighted by Crippen LogP contribution is 2.33. The Bertz CT molecular complexity index is 748. The molecule has 5 N–H and O–H groups in total. The van der Waals surface area contributed by atoms with E-state index >= 15 is 0 Å². The van der Waals surface area contributed by atoms with E-state index in [1.807, 2.05) is 6.07 Å². The van der Waals surface area contributed by atoms with E-state index < -0.39 is 18.0 Å². The summed E-state index contributed by atoms with van der Waals surface area (Å²) < 4.78 is 0. The van der Waals surface area contributed by atoms with Crippen molar-refractivity contribution >= 4 is 52.4 Å². The second-order valence-electron chi connectivity index (χ2n) is 5.09. The van der Waals surface area contributed by atoms with Crippen LogP contribution in [-0.2, 0) is 4.79 Å². The lowest BCUT2D eigenvalue weighted by Crippen LogP contribution is -2.38. The van der Waals surface area contributed by atoms with Gasteiger partial charge in [-0.1, -0.05) is 65.1 Å². The standard InChI is InChI=1S/C16H15Cl3N4O2/c17-10-6-11(18)15(12(19)7-10)23-22-14(24)8-13(21-16(20)25)9-4-2-1-3-5-9/h1-7,13,23H,8H2,(H,22,24)(H3,20,21,25)/t13-/m0/s1. The van der Waals surface area contributed by atoms with Crippen molar-refractivity contribution in [3.05, 3.63) is 63.1 Å². The molecule has 0 spiro atoms. The molecule has 25 heavy (non-hydrogen) atoms. The third-order valence-electron chi connectivity index (χ3n) is 3.24. The maximum atomic E-state index is 12.2. The van der Waals surface area contributed by atoms with Crippen LogP contribution in [0.25, 0.3) is 0 Å². The number of hydrazine groups is 1. The van der Waals surface area contributed by atoms with Gasteiger partial charge >= 0.3 is 6.03 Å². The van der Waals surface area contributed by atoms with Crippen molar-refractivity contribution in [2.75, 3.05) is 5.43 Å². The fourth-order valence-electron chi connectivity index (χ4n) is 2.14. The maximum Gasteiger partial charge on any atom is 0.312 e. The van der Waals surface area contributed by atoms with Gasteiger partial charge in [-0.15, -0.1) is 0 Å². The number of urea groups is 1. The molecule has 132 valence electrons. The zero-order valence-electron chi connectivity index (χ0n) is 12.9. The lowest BCUT2D eigenvalue weighted by Gasteiger charge is -2.18. The first kappa shape index (κ1) is 19.2. The fourth-order valence-corrected chi connectivity index (χ4v) is 3.05. The zero-order chi connectivity index (χ0) is 18.4. The summed E-state index contributed by atoms with van der Waals surface area (Å²) >= 11 is 17.9. The highest BCUT2D eigenvalue weighted by atomic mass is 35.5.